The molecule has 7 heteroatoms. The van der Waals surface area contributed by atoms with Crippen LogP contribution < -0.4 is 5.56 Å². The number of aromatic nitrogens is 2. The van der Waals surface area contributed by atoms with E-state index in [0.29, 0.717) is 16.2 Å². The molecule has 0 aromatic carbocycles. The van der Waals surface area contributed by atoms with E-state index in [4.69, 9.17) is 4.74 Å². The zero-order valence-corrected chi connectivity index (χ0v) is 13.1. The summed E-state index contributed by atoms with van der Waals surface area (Å²) in [6.07, 6.45) is 1.67. The van der Waals surface area contributed by atoms with Crippen molar-refractivity contribution in [2.24, 2.45) is 0 Å². The number of hydrogen-bond acceptors (Lipinski definition) is 6. The normalized spacial score (nSPS) is 11.0. The number of ether oxygens (including phenoxy) is 1. The first kappa shape index (κ1) is 14.0. The fourth-order valence-corrected chi connectivity index (χ4v) is 3.66. The predicted molar refractivity (Wildman–Crippen MR) is 82.3 cm³/mol. The first-order chi connectivity index (χ1) is 10.0. The molecular formula is C14H12N2O3S2. The van der Waals surface area contributed by atoms with Gasteiger partial charge in [0.05, 0.1) is 11.3 Å². The highest BCUT2D eigenvalue weighted by molar-refractivity contribution is 7.15. The van der Waals surface area contributed by atoms with Crippen LogP contribution in [0.2, 0.25) is 0 Å². The Labute approximate surface area is 128 Å². The highest BCUT2D eigenvalue weighted by Crippen LogP contribution is 2.21. The van der Waals surface area contributed by atoms with Gasteiger partial charge in [0, 0.05) is 27.4 Å². The summed E-state index contributed by atoms with van der Waals surface area (Å²) in [7, 11) is 0. The largest absolute Gasteiger partial charge is 0.456 e. The van der Waals surface area contributed by atoms with Gasteiger partial charge < -0.3 is 4.74 Å². The van der Waals surface area contributed by atoms with Crippen molar-refractivity contribution in [3.8, 4) is 0 Å². The van der Waals surface area contributed by atoms with Gasteiger partial charge in [-0.3, -0.25) is 9.20 Å². The first-order valence-corrected chi connectivity index (χ1v) is 7.94. The fourth-order valence-electron chi connectivity index (χ4n) is 2.01. The molecule has 21 heavy (non-hydrogen) atoms. The van der Waals surface area contributed by atoms with Gasteiger partial charge in [-0.25, -0.2) is 9.78 Å². The van der Waals surface area contributed by atoms with Crippen LogP contribution >= 0.6 is 22.7 Å². The molecule has 3 rings (SSSR count). The number of aryl methyl sites for hydroxylation is 2. The highest BCUT2D eigenvalue weighted by Gasteiger charge is 2.14. The van der Waals surface area contributed by atoms with Crippen molar-refractivity contribution in [1.82, 2.24) is 9.38 Å². The van der Waals surface area contributed by atoms with Crippen LogP contribution in [0.3, 0.4) is 0 Å². The van der Waals surface area contributed by atoms with Crippen LogP contribution in [-0.2, 0) is 11.3 Å². The Balaban J connectivity index is 1.78. The molecule has 0 radical (unpaired) electrons. The molecule has 0 spiro atoms. The van der Waals surface area contributed by atoms with E-state index >= 15 is 0 Å². The second-order valence-corrected chi connectivity index (χ2v) is 6.88. The molecule has 0 amide bonds. The van der Waals surface area contributed by atoms with E-state index in [-0.39, 0.29) is 18.1 Å². The van der Waals surface area contributed by atoms with Crippen LogP contribution in [0.25, 0.3) is 4.96 Å². The number of carbonyl (C=O) groups excluding carboxylic acids is 1. The second kappa shape index (κ2) is 5.42. The second-order valence-electron chi connectivity index (χ2n) is 4.54. The van der Waals surface area contributed by atoms with Gasteiger partial charge in [-0.1, -0.05) is 0 Å². The number of thiazole rings is 1. The van der Waals surface area contributed by atoms with Crippen LogP contribution in [0.1, 0.15) is 25.8 Å². The van der Waals surface area contributed by atoms with E-state index in [0.717, 1.165) is 9.75 Å². The van der Waals surface area contributed by atoms with Crippen molar-refractivity contribution in [3.05, 3.63) is 55.1 Å². The molecule has 3 aromatic rings. The SMILES string of the molecule is Cc1cc(C(=O)OCc2cc(=O)n3ccsc3n2)c(C)s1. The van der Waals surface area contributed by atoms with Crippen molar-refractivity contribution in [2.45, 2.75) is 20.5 Å². The van der Waals surface area contributed by atoms with Crippen LogP contribution in [-0.4, -0.2) is 15.4 Å². The lowest BCUT2D eigenvalue weighted by molar-refractivity contribution is 0.0467. The third kappa shape index (κ3) is 2.74. The standard InChI is InChI=1S/C14H12N2O3S2/c1-8-5-11(9(2)21-8)13(18)19-7-10-6-12(17)16-3-4-20-14(16)15-10/h3-6H,7H2,1-2H3. The average molecular weight is 320 g/mol. The molecule has 0 atom stereocenters. The minimum Gasteiger partial charge on any atom is -0.456 e. The predicted octanol–water partition coefficient (Wildman–Crippen LogP) is 2.79. The summed E-state index contributed by atoms with van der Waals surface area (Å²) < 4.78 is 6.71. The monoisotopic (exact) mass is 320 g/mol. The average Bonchev–Trinajstić information content (AvgIpc) is 3.02. The fraction of sp³-hybridized carbons (Fsp3) is 0.214. The Hall–Kier alpha value is -1.99. The van der Waals surface area contributed by atoms with Gasteiger partial charge in [0.25, 0.3) is 5.56 Å². The van der Waals surface area contributed by atoms with Gasteiger partial charge in [0.1, 0.15) is 6.61 Å². The van der Waals surface area contributed by atoms with Crippen molar-refractivity contribution in [1.29, 1.82) is 0 Å². The van der Waals surface area contributed by atoms with Crippen molar-refractivity contribution < 1.29 is 9.53 Å². The van der Waals surface area contributed by atoms with Gasteiger partial charge in [-0.15, -0.1) is 22.7 Å². The molecule has 0 unspecified atom stereocenters. The smallest absolute Gasteiger partial charge is 0.339 e. The maximum atomic E-state index is 12.0. The van der Waals surface area contributed by atoms with Gasteiger partial charge in [0.15, 0.2) is 4.96 Å². The number of fused-ring (bicyclic) bond motifs is 1. The Kier molecular flexibility index (Phi) is 3.60. The third-order valence-corrected chi connectivity index (χ3v) is 4.69. The third-order valence-electron chi connectivity index (χ3n) is 2.97. The molecule has 5 nitrogen and oxygen atoms in total. The Bertz CT molecular complexity index is 876. The Morgan fingerprint density at radius 1 is 1.38 bits per heavy atom. The van der Waals surface area contributed by atoms with E-state index in [1.807, 2.05) is 19.9 Å². The zero-order chi connectivity index (χ0) is 15.0. The maximum absolute atomic E-state index is 12.0. The van der Waals surface area contributed by atoms with Crippen LogP contribution in [0.4, 0.5) is 0 Å². The summed E-state index contributed by atoms with van der Waals surface area (Å²) in [5.74, 6) is -0.384. The summed E-state index contributed by atoms with van der Waals surface area (Å²) in [5, 5.41) is 1.79. The molecule has 108 valence electrons. The number of carbonyl (C=O) groups is 1. The highest BCUT2D eigenvalue weighted by atomic mass is 32.1. The number of thiophene rings is 1. The van der Waals surface area contributed by atoms with Crippen molar-refractivity contribution in [3.63, 3.8) is 0 Å². The number of rotatable bonds is 3. The van der Waals surface area contributed by atoms with Gasteiger partial charge in [-0.2, -0.15) is 0 Å². The van der Waals surface area contributed by atoms with E-state index in [1.54, 1.807) is 22.9 Å². The molecule has 3 aromatic heterocycles. The Morgan fingerprint density at radius 2 is 2.19 bits per heavy atom. The van der Waals surface area contributed by atoms with Crippen LogP contribution in [0, 0.1) is 13.8 Å². The lowest BCUT2D eigenvalue weighted by atomic mass is 10.2. The molecule has 0 aliphatic heterocycles. The van der Waals surface area contributed by atoms with Gasteiger partial charge in [0.2, 0.25) is 0 Å². The van der Waals surface area contributed by atoms with E-state index in [1.165, 1.54) is 21.8 Å². The van der Waals surface area contributed by atoms with Gasteiger partial charge in [-0.05, 0) is 19.9 Å². The molecule has 0 saturated heterocycles. The molecule has 0 aliphatic rings. The Morgan fingerprint density at radius 3 is 2.90 bits per heavy atom. The summed E-state index contributed by atoms with van der Waals surface area (Å²) in [6, 6.07) is 3.20. The number of hydrogen-bond donors (Lipinski definition) is 0. The zero-order valence-electron chi connectivity index (χ0n) is 11.5. The van der Waals surface area contributed by atoms with E-state index in [2.05, 4.69) is 4.98 Å². The molecule has 0 saturated carbocycles. The molecule has 0 fully saturated rings. The summed E-state index contributed by atoms with van der Waals surface area (Å²) >= 11 is 2.92. The molecular weight excluding hydrogens is 308 g/mol. The maximum Gasteiger partial charge on any atom is 0.339 e. The van der Waals surface area contributed by atoms with Gasteiger partial charge >= 0.3 is 5.97 Å². The molecule has 0 aliphatic carbocycles. The quantitative estimate of drug-likeness (QED) is 0.696. The first-order valence-electron chi connectivity index (χ1n) is 6.24. The minimum atomic E-state index is -0.384. The summed E-state index contributed by atoms with van der Waals surface area (Å²) in [4.78, 5) is 30.7. The molecule has 0 bridgehead atoms. The van der Waals surface area contributed by atoms with Crippen molar-refractivity contribution >= 4 is 33.6 Å². The minimum absolute atomic E-state index is 0.00317. The summed E-state index contributed by atoms with van der Waals surface area (Å²) in [6.45, 7) is 3.83. The van der Waals surface area contributed by atoms with Crippen LogP contribution in [0.5, 0.6) is 0 Å². The molecule has 3 heterocycles. The van der Waals surface area contributed by atoms with E-state index in [9.17, 15) is 9.59 Å². The topological polar surface area (TPSA) is 60.7 Å². The lowest BCUT2D eigenvalue weighted by Crippen LogP contribution is -2.14. The number of nitrogens with zero attached hydrogens (tertiary/aromatic N) is 2. The van der Waals surface area contributed by atoms with Crippen molar-refractivity contribution in [2.75, 3.05) is 0 Å². The van der Waals surface area contributed by atoms with E-state index < -0.39 is 0 Å². The number of esters is 1. The van der Waals surface area contributed by atoms with Crippen LogP contribution in [0.15, 0.2) is 28.5 Å². The molecule has 0 N–H and O–H groups in total. The summed E-state index contributed by atoms with van der Waals surface area (Å²) in [5.41, 5.74) is 0.863. The lowest BCUT2D eigenvalue weighted by Gasteiger charge is -2.04.